The van der Waals surface area contributed by atoms with Crippen LogP contribution >= 0.6 is 11.6 Å². The molecule has 0 aliphatic rings. The zero-order valence-electron chi connectivity index (χ0n) is 19.4. The van der Waals surface area contributed by atoms with Crippen molar-refractivity contribution in [1.29, 1.82) is 0 Å². The fourth-order valence-electron chi connectivity index (χ4n) is 3.86. The molecule has 0 aliphatic carbocycles. The number of rotatable bonds is 8. The highest BCUT2D eigenvalue weighted by molar-refractivity contribution is 6.30. The van der Waals surface area contributed by atoms with Gasteiger partial charge in [0.2, 0.25) is 5.89 Å². The summed E-state index contributed by atoms with van der Waals surface area (Å²) >= 11 is 6.16. The van der Waals surface area contributed by atoms with Crippen LogP contribution in [-0.2, 0) is 16.1 Å². The zero-order valence-corrected chi connectivity index (χ0v) is 20.2. The molecule has 0 bridgehead atoms. The molecule has 182 valence electrons. The monoisotopic (exact) mass is 500 g/mol. The highest BCUT2D eigenvalue weighted by Gasteiger charge is 2.21. The van der Waals surface area contributed by atoms with Crippen molar-refractivity contribution in [1.82, 2.24) is 9.55 Å². The average Bonchev–Trinajstić information content (AvgIpc) is 3.21. The third-order valence-electron chi connectivity index (χ3n) is 5.39. The molecule has 2 aromatic heterocycles. The van der Waals surface area contributed by atoms with Crippen LogP contribution in [0, 0.1) is 25.5 Å². The van der Waals surface area contributed by atoms with Gasteiger partial charge in [0.15, 0.2) is 5.76 Å². The first-order chi connectivity index (χ1) is 16.8. The van der Waals surface area contributed by atoms with Crippen LogP contribution in [-0.4, -0.2) is 29.9 Å². The molecule has 2 aromatic carbocycles. The largest absolute Gasteiger partial charge is 0.437 e. The number of halogens is 3. The van der Waals surface area contributed by atoms with E-state index in [9.17, 15) is 13.6 Å². The maximum Gasteiger partial charge on any atom is 0.255 e. The number of oxazole rings is 1. The Morgan fingerprint density at radius 2 is 1.80 bits per heavy atom. The molecule has 0 N–H and O–H groups in total. The molecule has 4 aromatic rings. The van der Waals surface area contributed by atoms with Gasteiger partial charge in [0.1, 0.15) is 23.9 Å². The van der Waals surface area contributed by atoms with Crippen molar-refractivity contribution in [2.75, 3.05) is 20.3 Å². The second-order valence-electron chi connectivity index (χ2n) is 7.97. The van der Waals surface area contributed by atoms with Crippen molar-refractivity contribution in [2.24, 2.45) is 0 Å². The number of aromatic nitrogens is 2. The molecule has 6 nitrogen and oxygen atoms in total. The number of hydrogen-bond acceptors (Lipinski definition) is 5. The Balaban J connectivity index is 1.85. The third-order valence-corrected chi connectivity index (χ3v) is 5.60. The van der Waals surface area contributed by atoms with Gasteiger partial charge in [0, 0.05) is 36.0 Å². The number of benzene rings is 2. The van der Waals surface area contributed by atoms with E-state index in [1.54, 1.807) is 31.5 Å². The summed E-state index contributed by atoms with van der Waals surface area (Å²) in [5, 5.41) is 0.566. The van der Waals surface area contributed by atoms with Gasteiger partial charge in [-0.3, -0.25) is 9.36 Å². The quantitative estimate of drug-likeness (QED) is 0.283. The maximum absolute atomic E-state index is 14.7. The van der Waals surface area contributed by atoms with E-state index < -0.39 is 11.6 Å². The summed E-state index contributed by atoms with van der Waals surface area (Å²) in [5.74, 6) is -1.21. The van der Waals surface area contributed by atoms with E-state index in [1.807, 2.05) is 13.8 Å². The molecule has 9 heteroatoms. The van der Waals surface area contributed by atoms with Crippen molar-refractivity contribution in [2.45, 2.75) is 20.5 Å². The highest BCUT2D eigenvalue weighted by Crippen LogP contribution is 2.35. The lowest BCUT2D eigenvalue weighted by atomic mass is 10.1. The normalized spacial score (nSPS) is 11.3. The standard InChI is InChI=1S/C26H23ClF2N2O4/c1-15-10-18(27)11-16(2)25(15)31-13-17(4-7-23(31)32)24-26(20-6-5-19(28)12-21(20)29)35-22(30-24)14-34-9-8-33-3/h4-7,10-13H,8-9,14H2,1-3H3. The van der Waals surface area contributed by atoms with Crippen molar-refractivity contribution >= 4 is 11.6 Å². The summed E-state index contributed by atoms with van der Waals surface area (Å²) in [6, 6.07) is 9.73. The molecule has 0 saturated heterocycles. The molecular weight excluding hydrogens is 478 g/mol. The summed E-state index contributed by atoms with van der Waals surface area (Å²) in [7, 11) is 1.56. The number of pyridine rings is 1. The lowest BCUT2D eigenvalue weighted by Crippen LogP contribution is -2.18. The van der Waals surface area contributed by atoms with Gasteiger partial charge < -0.3 is 13.9 Å². The first kappa shape index (κ1) is 24.8. The summed E-state index contributed by atoms with van der Waals surface area (Å²) in [5.41, 5.74) is 2.88. The molecule has 0 unspecified atom stereocenters. The number of nitrogens with zero attached hydrogens (tertiary/aromatic N) is 2. The van der Waals surface area contributed by atoms with Crippen LogP contribution in [0.15, 0.2) is 57.9 Å². The number of aryl methyl sites for hydroxylation is 2. The fraction of sp³-hybridized carbons (Fsp3) is 0.231. The predicted octanol–water partition coefficient (Wildman–Crippen LogP) is 5.87. The molecule has 0 spiro atoms. The van der Waals surface area contributed by atoms with E-state index in [0.717, 1.165) is 23.3 Å². The SMILES string of the molecule is COCCOCc1nc(-c2ccc(=O)n(-c3c(C)cc(Cl)cc3C)c2)c(-c2ccc(F)cc2F)o1. The van der Waals surface area contributed by atoms with Gasteiger partial charge >= 0.3 is 0 Å². The minimum Gasteiger partial charge on any atom is -0.437 e. The summed E-state index contributed by atoms with van der Waals surface area (Å²) < 4.78 is 46.1. The Labute approximate surface area is 205 Å². The van der Waals surface area contributed by atoms with Gasteiger partial charge in [-0.2, -0.15) is 0 Å². The average molecular weight is 501 g/mol. The zero-order chi connectivity index (χ0) is 25.1. The van der Waals surface area contributed by atoms with Gasteiger partial charge in [-0.05, 0) is 55.3 Å². The van der Waals surface area contributed by atoms with Gasteiger partial charge in [-0.1, -0.05) is 11.6 Å². The first-order valence-electron chi connectivity index (χ1n) is 10.8. The Hall–Kier alpha value is -3.33. The molecule has 35 heavy (non-hydrogen) atoms. The predicted molar refractivity (Wildman–Crippen MR) is 129 cm³/mol. The van der Waals surface area contributed by atoms with Gasteiger partial charge in [-0.15, -0.1) is 0 Å². The second kappa shape index (κ2) is 10.5. The topological polar surface area (TPSA) is 66.5 Å². The lowest BCUT2D eigenvalue weighted by Gasteiger charge is -2.14. The molecule has 0 saturated carbocycles. The number of ether oxygens (including phenoxy) is 2. The number of methoxy groups -OCH3 is 1. The first-order valence-corrected chi connectivity index (χ1v) is 11.2. The van der Waals surface area contributed by atoms with Crippen molar-refractivity contribution in [3.8, 4) is 28.3 Å². The molecule has 0 aliphatic heterocycles. The van der Waals surface area contributed by atoms with Crippen molar-refractivity contribution < 1.29 is 22.7 Å². The maximum atomic E-state index is 14.7. The van der Waals surface area contributed by atoms with E-state index in [4.69, 9.17) is 25.5 Å². The molecule has 0 amide bonds. The van der Waals surface area contributed by atoms with E-state index in [1.165, 1.54) is 16.7 Å². The molecular formula is C26H23ClF2N2O4. The Morgan fingerprint density at radius 3 is 2.49 bits per heavy atom. The minimum absolute atomic E-state index is 0.0220. The Kier molecular flexibility index (Phi) is 7.45. The lowest BCUT2D eigenvalue weighted by molar-refractivity contribution is 0.0520. The Bertz CT molecular complexity index is 1410. The van der Waals surface area contributed by atoms with Crippen LogP contribution in [0.5, 0.6) is 0 Å². The van der Waals surface area contributed by atoms with Crippen LogP contribution in [0.2, 0.25) is 5.02 Å². The van der Waals surface area contributed by atoms with E-state index in [2.05, 4.69) is 4.98 Å². The summed E-state index contributed by atoms with van der Waals surface area (Å²) in [6.45, 7) is 4.44. The summed E-state index contributed by atoms with van der Waals surface area (Å²) in [4.78, 5) is 17.3. The van der Waals surface area contributed by atoms with Crippen LogP contribution in [0.3, 0.4) is 0 Å². The number of hydrogen-bond donors (Lipinski definition) is 0. The molecule has 2 heterocycles. The fourth-order valence-corrected chi connectivity index (χ4v) is 4.19. The van der Waals surface area contributed by atoms with Crippen molar-refractivity contribution in [3.05, 3.63) is 92.7 Å². The highest BCUT2D eigenvalue weighted by atomic mass is 35.5. The van der Waals surface area contributed by atoms with Gasteiger partial charge in [0.25, 0.3) is 5.56 Å². The minimum atomic E-state index is -0.799. The van der Waals surface area contributed by atoms with E-state index >= 15 is 0 Å². The molecule has 0 atom stereocenters. The molecule has 4 rings (SSSR count). The van der Waals surface area contributed by atoms with Crippen LogP contribution in [0.25, 0.3) is 28.3 Å². The van der Waals surface area contributed by atoms with E-state index in [0.29, 0.717) is 35.2 Å². The molecule has 0 radical (unpaired) electrons. The van der Waals surface area contributed by atoms with Gasteiger partial charge in [0.05, 0.1) is 24.5 Å². The third kappa shape index (κ3) is 5.35. The van der Waals surface area contributed by atoms with Crippen LogP contribution in [0.1, 0.15) is 17.0 Å². The van der Waals surface area contributed by atoms with Crippen LogP contribution < -0.4 is 5.56 Å². The van der Waals surface area contributed by atoms with E-state index in [-0.39, 0.29) is 29.4 Å². The smallest absolute Gasteiger partial charge is 0.255 e. The Morgan fingerprint density at radius 1 is 1.06 bits per heavy atom. The van der Waals surface area contributed by atoms with Crippen molar-refractivity contribution in [3.63, 3.8) is 0 Å². The van der Waals surface area contributed by atoms with Crippen LogP contribution in [0.4, 0.5) is 8.78 Å². The second-order valence-corrected chi connectivity index (χ2v) is 8.41. The van der Waals surface area contributed by atoms with Gasteiger partial charge in [-0.25, -0.2) is 13.8 Å². The summed E-state index contributed by atoms with van der Waals surface area (Å²) in [6.07, 6.45) is 1.61. The molecule has 0 fully saturated rings.